The third kappa shape index (κ3) is 4.04. The number of nitrogens with zero attached hydrogens (tertiary/aromatic N) is 3. The Kier molecular flexibility index (Phi) is 5.16. The van der Waals surface area contributed by atoms with Crippen molar-refractivity contribution in [2.75, 3.05) is 31.0 Å². The van der Waals surface area contributed by atoms with E-state index in [1.807, 2.05) is 30.0 Å². The maximum absolute atomic E-state index is 12.5. The first-order valence-corrected chi connectivity index (χ1v) is 10.3. The number of fused-ring (bicyclic) bond motifs is 1. The molecule has 1 amide bonds. The molecular formula is C17H20N4O3S2. The molecule has 1 saturated heterocycles. The Bertz CT molecular complexity index is 798. The van der Waals surface area contributed by atoms with Crippen LogP contribution in [0.1, 0.15) is 17.8 Å². The Morgan fingerprint density at radius 3 is 3.12 bits per heavy atom. The molecule has 1 N–H and O–H groups in total. The molecule has 138 valence electrons. The van der Waals surface area contributed by atoms with Gasteiger partial charge in [-0.15, -0.1) is 10.2 Å². The summed E-state index contributed by atoms with van der Waals surface area (Å²) in [5.74, 6) is 2.10. The third-order valence-electron chi connectivity index (χ3n) is 4.34. The third-order valence-corrected chi connectivity index (χ3v) is 6.30. The number of carbonyl (C=O) groups excluding carboxylic acids is 1. The van der Waals surface area contributed by atoms with E-state index in [0.29, 0.717) is 12.3 Å². The predicted octanol–water partition coefficient (Wildman–Crippen LogP) is 2.77. The van der Waals surface area contributed by atoms with Gasteiger partial charge < -0.3 is 19.7 Å². The molecule has 26 heavy (non-hydrogen) atoms. The summed E-state index contributed by atoms with van der Waals surface area (Å²) >= 11 is 2.99. The van der Waals surface area contributed by atoms with Crippen molar-refractivity contribution in [2.24, 2.45) is 0 Å². The number of nitrogens with one attached hydrogen (secondary N) is 1. The number of rotatable bonds is 5. The summed E-state index contributed by atoms with van der Waals surface area (Å²) in [7, 11) is 0. The second-order valence-electron chi connectivity index (χ2n) is 6.27. The average Bonchev–Trinajstić information content (AvgIpc) is 3.28. The Morgan fingerprint density at radius 2 is 2.27 bits per heavy atom. The Morgan fingerprint density at radius 1 is 1.38 bits per heavy atom. The Balaban J connectivity index is 1.31. The van der Waals surface area contributed by atoms with Gasteiger partial charge in [0.1, 0.15) is 5.01 Å². The molecule has 4 rings (SSSR count). The van der Waals surface area contributed by atoms with Crippen LogP contribution in [0.5, 0.6) is 11.5 Å². The lowest BCUT2D eigenvalue weighted by molar-refractivity contribution is -0.129. The minimum atomic E-state index is 0.153. The summed E-state index contributed by atoms with van der Waals surface area (Å²) in [4.78, 5) is 14.5. The number of aryl methyl sites for hydroxylation is 1. The predicted molar refractivity (Wildman–Crippen MR) is 101 cm³/mol. The van der Waals surface area contributed by atoms with Gasteiger partial charge in [0.05, 0.1) is 5.75 Å². The molecule has 0 spiro atoms. The molecule has 0 bridgehead atoms. The number of anilines is 1. The highest BCUT2D eigenvalue weighted by Crippen LogP contribution is 2.34. The van der Waals surface area contributed by atoms with E-state index in [9.17, 15) is 4.79 Å². The summed E-state index contributed by atoms with van der Waals surface area (Å²) in [6, 6.07) is 6.09. The van der Waals surface area contributed by atoms with Crippen molar-refractivity contribution < 1.29 is 14.3 Å². The van der Waals surface area contributed by atoms with Crippen molar-refractivity contribution in [3.63, 3.8) is 0 Å². The van der Waals surface area contributed by atoms with Crippen LogP contribution >= 0.6 is 23.1 Å². The van der Waals surface area contributed by atoms with Gasteiger partial charge in [-0.1, -0.05) is 23.1 Å². The maximum atomic E-state index is 12.5. The zero-order valence-electron chi connectivity index (χ0n) is 14.4. The minimum absolute atomic E-state index is 0.153. The van der Waals surface area contributed by atoms with Gasteiger partial charge in [-0.2, -0.15) is 0 Å². The topological polar surface area (TPSA) is 76.6 Å². The number of hydrogen-bond acceptors (Lipinski definition) is 8. The Labute approximate surface area is 160 Å². The number of benzene rings is 1. The number of thioether (sulfide) groups is 1. The monoisotopic (exact) mass is 392 g/mol. The van der Waals surface area contributed by atoms with Gasteiger partial charge in [0.15, 0.2) is 15.8 Å². The van der Waals surface area contributed by atoms with Gasteiger partial charge >= 0.3 is 0 Å². The van der Waals surface area contributed by atoms with E-state index < -0.39 is 0 Å². The number of carbonyl (C=O) groups is 1. The molecule has 1 aromatic carbocycles. The second-order valence-corrected chi connectivity index (χ2v) is 8.67. The molecule has 0 radical (unpaired) electrons. The van der Waals surface area contributed by atoms with E-state index in [2.05, 4.69) is 15.5 Å². The fraction of sp³-hybridized carbons (Fsp3) is 0.471. The van der Waals surface area contributed by atoms with Gasteiger partial charge in [0.2, 0.25) is 12.7 Å². The molecule has 2 aliphatic heterocycles. The molecule has 1 unspecified atom stereocenters. The molecule has 1 fully saturated rings. The molecule has 9 heteroatoms. The summed E-state index contributed by atoms with van der Waals surface area (Å²) < 4.78 is 11.6. The first-order chi connectivity index (χ1) is 12.7. The fourth-order valence-corrected chi connectivity index (χ4v) is 4.81. The van der Waals surface area contributed by atoms with Crippen molar-refractivity contribution in [1.29, 1.82) is 0 Å². The van der Waals surface area contributed by atoms with Gasteiger partial charge in [0.25, 0.3) is 0 Å². The Hall–Kier alpha value is -2.00. The first kappa shape index (κ1) is 17.4. The molecule has 1 aromatic heterocycles. The van der Waals surface area contributed by atoms with E-state index in [4.69, 9.17) is 9.47 Å². The lowest BCUT2D eigenvalue weighted by atomic mass is 10.1. The number of ether oxygens (including phenoxy) is 2. The van der Waals surface area contributed by atoms with Crippen LogP contribution in [0, 0.1) is 6.92 Å². The summed E-state index contributed by atoms with van der Waals surface area (Å²) in [6.07, 6.45) is 2.04. The number of likely N-dealkylation sites (tertiary alicyclic amines) is 1. The quantitative estimate of drug-likeness (QED) is 0.784. The minimum Gasteiger partial charge on any atom is -0.454 e. The van der Waals surface area contributed by atoms with Crippen LogP contribution in [-0.4, -0.2) is 52.7 Å². The van der Waals surface area contributed by atoms with Crippen molar-refractivity contribution in [3.05, 3.63) is 23.2 Å². The maximum Gasteiger partial charge on any atom is 0.233 e. The fourth-order valence-electron chi connectivity index (χ4n) is 3.10. The molecule has 7 nitrogen and oxygen atoms in total. The van der Waals surface area contributed by atoms with Gasteiger partial charge in [-0.05, 0) is 31.9 Å². The van der Waals surface area contributed by atoms with Gasteiger partial charge in [-0.3, -0.25) is 4.79 Å². The smallest absolute Gasteiger partial charge is 0.233 e. The van der Waals surface area contributed by atoms with E-state index >= 15 is 0 Å². The molecule has 2 aliphatic rings. The van der Waals surface area contributed by atoms with Gasteiger partial charge in [0, 0.05) is 30.9 Å². The average molecular weight is 393 g/mol. The first-order valence-electron chi connectivity index (χ1n) is 8.54. The van der Waals surface area contributed by atoms with Crippen LogP contribution in [0.3, 0.4) is 0 Å². The summed E-state index contributed by atoms with van der Waals surface area (Å²) in [6.45, 7) is 3.72. The van der Waals surface area contributed by atoms with Crippen LogP contribution in [-0.2, 0) is 4.79 Å². The zero-order chi connectivity index (χ0) is 17.9. The van der Waals surface area contributed by atoms with Crippen LogP contribution in [0.25, 0.3) is 0 Å². The molecule has 0 saturated carbocycles. The molecule has 1 atom stereocenters. The highest BCUT2D eigenvalue weighted by atomic mass is 32.2. The molecule has 2 aromatic rings. The van der Waals surface area contributed by atoms with Crippen LogP contribution < -0.4 is 14.8 Å². The SMILES string of the molecule is Cc1nnc(SCC(=O)N2CCCC(Nc3ccc4c(c3)OCO4)C2)s1. The molecular weight excluding hydrogens is 372 g/mol. The lowest BCUT2D eigenvalue weighted by Gasteiger charge is -2.33. The van der Waals surface area contributed by atoms with Crippen LogP contribution in [0.4, 0.5) is 5.69 Å². The van der Waals surface area contributed by atoms with Crippen molar-refractivity contribution in [1.82, 2.24) is 15.1 Å². The van der Waals surface area contributed by atoms with E-state index in [0.717, 1.165) is 45.9 Å². The lowest BCUT2D eigenvalue weighted by Crippen LogP contribution is -2.45. The van der Waals surface area contributed by atoms with Crippen LogP contribution in [0.15, 0.2) is 22.5 Å². The highest BCUT2D eigenvalue weighted by molar-refractivity contribution is 8.01. The molecule has 3 heterocycles. The van der Waals surface area contributed by atoms with Crippen molar-refractivity contribution in [3.8, 4) is 11.5 Å². The van der Waals surface area contributed by atoms with Crippen LogP contribution in [0.2, 0.25) is 0 Å². The van der Waals surface area contributed by atoms with Gasteiger partial charge in [-0.25, -0.2) is 0 Å². The zero-order valence-corrected chi connectivity index (χ0v) is 16.1. The largest absolute Gasteiger partial charge is 0.454 e. The van der Waals surface area contributed by atoms with Crippen molar-refractivity contribution >= 4 is 34.7 Å². The van der Waals surface area contributed by atoms with E-state index in [1.165, 1.54) is 23.1 Å². The standard InChI is InChI=1S/C17H20N4O3S2/c1-11-19-20-17(26-11)25-9-16(22)21-6-2-3-13(8-21)18-12-4-5-14-15(7-12)24-10-23-14/h4-5,7,13,18H,2-3,6,8-10H2,1H3. The van der Waals surface area contributed by atoms with Crippen molar-refractivity contribution in [2.45, 2.75) is 30.1 Å². The second kappa shape index (κ2) is 7.71. The number of piperidine rings is 1. The number of amides is 1. The summed E-state index contributed by atoms with van der Waals surface area (Å²) in [5, 5.41) is 12.5. The number of hydrogen-bond donors (Lipinski definition) is 1. The normalized spacial score (nSPS) is 18.8. The van der Waals surface area contributed by atoms with E-state index in [1.54, 1.807) is 0 Å². The number of aromatic nitrogens is 2. The summed E-state index contributed by atoms with van der Waals surface area (Å²) in [5.41, 5.74) is 0.993. The van der Waals surface area contributed by atoms with E-state index in [-0.39, 0.29) is 18.7 Å². The molecule has 0 aliphatic carbocycles. The highest BCUT2D eigenvalue weighted by Gasteiger charge is 2.24.